The molecule has 27 heavy (non-hydrogen) atoms. The molecule has 3 aromatic rings. The van der Waals surface area contributed by atoms with Gasteiger partial charge >= 0.3 is 0 Å². The summed E-state index contributed by atoms with van der Waals surface area (Å²) < 4.78 is 5.60. The fraction of sp³-hybridized carbons (Fsp3) is 0.217. The number of unbranched alkanes of at least 4 members (excludes halogenated alkanes) is 1. The summed E-state index contributed by atoms with van der Waals surface area (Å²) in [6, 6.07) is 19.0. The van der Waals surface area contributed by atoms with Gasteiger partial charge in [-0.15, -0.1) is 0 Å². The molecule has 0 fully saturated rings. The molecular formula is C23H23NO3. The maximum atomic E-state index is 12.2. The molecule has 4 heteroatoms. The van der Waals surface area contributed by atoms with E-state index in [0.29, 0.717) is 11.3 Å². The maximum Gasteiger partial charge on any atom is 0.262 e. The fourth-order valence-electron chi connectivity index (χ4n) is 3.00. The van der Waals surface area contributed by atoms with Crippen LogP contribution in [0.15, 0.2) is 60.7 Å². The minimum absolute atomic E-state index is 0.156. The van der Waals surface area contributed by atoms with Crippen LogP contribution in [-0.4, -0.2) is 18.8 Å². The van der Waals surface area contributed by atoms with Crippen molar-refractivity contribution >= 4 is 28.7 Å². The Bertz CT molecular complexity index is 932. The SMILES string of the molecule is CCCCc1ccc(NC(=O)COc2ccc3ccccc3c2C=O)cc1. The van der Waals surface area contributed by atoms with Gasteiger partial charge in [0, 0.05) is 5.69 Å². The molecule has 0 aliphatic rings. The lowest BCUT2D eigenvalue weighted by molar-refractivity contribution is -0.118. The first kappa shape index (κ1) is 18.6. The van der Waals surface area contributed by atoms with E-state index >= 15 is 0 Å². The number of amides is 1. The molecule has 0 unspecified atom stereocenters. The number of carbonyl (C=O) groups excluding carboxylic acids is 2. The Balaban J connectivity index is 1.62. The lowest BCUT2D eigenvalue weighted by Gasteiger charge is -2.11. The highest BCUT2D eigenvalue weighted by atomic mass is 16.5. The molecule has 0 aliphatic carbocycles. The fourth-order valence-corrected chi connectivity index (χ4v) is 3.00. The van der Waals surface area contributed by atoms with E-state index < -0.39 is 0 Å². The molecule has 0 bridgehead atoms. The summed E-state index contributed by atoms with van der Waals surface area (Å²) in [4.78, 5) is 23.7. The van der Waals surface area contributed by atoms with Crippen molar-refractivity contribution in [1.29, 1.82) is 0 Å². The zero-order valence-electron chi connectivity index (χ0n) is 15.4. The highest BCUT2D eigenvalue weighted by Gasteiger charge is 2.10. The van der Waals surface area contributed by atoms with E-state index in [9.17, 15) is 9.59 Å². The van der Waals surface area contributed by atoms with Crippen LogP contribution < -0.4 is 10.1 Å². The van der Waals surface area contributed by atoms with Crippen LogP contribution in [0.1, 0.15) is 35.7 Å². The summed E-state index contributed by atoms with van der Waals surface area (Å²) >= 11 is 0. The molecule has 0 radical (unpaired) electrons. The summed E-state index contributed by atoms with van der Waals surface area (Å²) in [7, 11) is 0. The smallest absolute Gasteiger partial charge is 0.262 e. The average molecular weight is 361 g/mol. The summed E-state index contributed by atoms with van der Waals surface area (Å²) in [5, 5.41) is 4.59. The predicted molar refractivity (Wildman–Crippen MR) is 109 cm³/mol. The van der Waals surface area contributed by atoms with Crippen molar-refractivity contribution in [3.63, 3.8) is 0 Å². The van der Waals surface area contributed by atoms with Crippen molar-refractivity contribution in [3.05, 3.63) is 71.8 Å². The number of aldehydes is 1. The van der Waals surface area contributed by atoms with Crippen molar-refractivity contribution in [2.24, 2.45) is 0 Å². The van der Waals surface area contributed by atoms with Gasteiger partial charge in [0.25, 0.3) is 5.91 Å². The van der Waals surface area contributed by atoms with E-state index in [0.717, 1.165) is 42.0 Å². The summed E-state index contributed by atoms with van der Waals surface area (Å²) in [5.74, 6) is 0.148. The van der Waals surface area contributed by atoms with Crippen LogP contribution in [0.25, 0.3) is 10.8 Å². The molecular weight excluding hydrogens is 338 g/mol. The Morgan fingerprint density at radius 1 is 1.04 bits per heavy atom. The minimum atomic E-state index is -0.263. The lowest BCUT2D eigenvalue weighted by Crippen LogP contribution is -2.20. The normalized spacial score (nSPS) is 10.6. The van der Waals surface area contributed by atoms with E-state index in [1.807, 2.05) is 54.6 Å². The molecule has 0 heterocycles. The van der Waals surface area contributed by atoms with Crippen LogP contribution in [0.2, 0.25) is 0 Å². The zero-order chi connectivity index (χ0) is 19.1. The first-order valence-electron chi connectivity index (χ1n) is 9.19. The van der Waals surface area contributed by atoms with Crippen LogP contribution in [0.3, 0.4) is 0 Å². The van der Waals surface area contributed by atoms with Crippen molar-refractivity contribution < 1.29 is 14.3 Å². The van der Waals surface area contributed by atoms with Gasteiger partial charge in [-0.05, 0) is 47.4 Å². The molecule has 4 nitrogen and oxygen atoms in total. The largest absolute Gasteiger partial charge is 0.483 e. The Kier molecular flexibility index (Phi) is 6.21. The number of anilines is 1. The van der Waals surface area contributed by atoms with Gasteiger partial charge in [-0.3, -0.25) is 9.59 Å². The maximum absolute atomic E-state index is 12.2. The molecule has 138 valence electrons. The van der Waals surface area contributed by atoms with Gasteiger partial charge in [-0.1, -0.05) is 55.8 Å². The molecule has 0 atom stereocenters. The molecule has 0 aliphatic heterocycles. The number of carbonyl (C=O) groups is 2. The number of aryl methyl sites for hydroxylation is 1. The van der Waals surface area contributed by atoms with E-state index in [1.165, 1.54) is 5.56 Å². The summed E-state index contributed by atoms with van der Waals surface area (Å²) in [6.45, 7) is 2.01. The van der Waals surface area contributed by atoms with Crippen LogP contribution >= 0.6 is 0 Å². The van der Waals surface area contributed by atoms with Crippen molar-refractivity contribution in [3.8, 4) is 5.75 Å². The zero-order valence-corrected chi connectivity index (χ0v) is 15.4. The second-order valence-electron chi connectivity index (χ2n) is 6.45. The van der Waals surface area contributed by atoms with Gasteiger partial charge in [0.15, 0.2) is 12.9 Å². The van der Waals surface area contributed by atoms with Crippen molar-refractivity contribution in [2.45, 2.75) is 26.2 Å². The monoisotopic (exact) mass is 361 g/mol. The van der Waals surface area contributed by atoms with E-state index in [2.05, 4.69) is 12.2 Å². The molecule has 3 aromatic carbocycles. The number of nitrogens with one attached hydrogen (secondary N) is 1. The molecule has 0 saturated carbocycles. The van der Waals surface area contributed by atoms with E-state index in [4.69, 9.17) is 4.74 Å². The summed E-state index contributed by atoms with van der Waals surface area (Å²) in [5.41, 5.74) is 2.46. The molecule has 0 saturated heterocycles. The lowest BCUT2D eigenvalue weighted by atomic mass is 10.0. The minimum Gasteiger partial charge on any atom is -0.483 e. The predicted octanol–water partition coefficient (Wildman–Crippen LogP) is 5.01. The van der Waals surface area contributed by atoms with E-state index in [1.54, 1.807) is 6.07 Å². The van der Waals surface area contributed by atoms with Crippen LogP contribution in [-0.2, 0) is 11.2 Å². The number of ether oxygens (including phenoxy) is 1. The Morgan fingerprint density at radius 2 is 1.81 bits per heavy atom. The Labute approximate surface area is 159 Å². The second kappa shape index (κ2) is 8.99. The molecule has 1 amide bonds. The van der Waals surface area contributed by atoms with Crippen molar-refractivity contribution in [1.82, 2.24) is 0 Å². The quantitative estimate of drug-likeness (QED) is 0.574. The van der Waals surface area contributed by atoms with Crippen molar-refractivity contribution in [2.75, 3.05) is 11.9 Å². The van der Waals surface area contributed by atoms with Gasteiger partial charge in [-0.2, -0.15) is 0 Å². The van der Waals surface area contributed by atoms with Gasteiger partial charge in [0.2, 0.25) is 0 Å². The number of rotatable bonds is 8. The highest BCUT2D eigenvalue weighted by Crippen LogP contribution is 2.26. The number of benzene rings is 3. The number of hydrogen-bond donors (Lipinski definition) is 1. The number of hydrogen-bond acceptors (Lipinski definition) is 3. The molecule has 0 aromatic heterocycles. The average Bonchev–Trinajstić information content (AvgIpc) is 2.71. The van der Waals surface area contributed by atoms with Gasteiger partial charge in [0.05, 0.1) is 5.56 Å². The standard InChI is InChI=1S/C23H23NO3/c1-2-3-6-17-9-12-19(13-10-17)24-23(26)16-27-22-14-11-18-7-4-5-8-20(18)21(22)15-25/h4-5,7-15H,2-3,6,16H2,1H3,(H,24,26). The van der Waals surface area contributed by atoms with Crippen LogP contribution in [0.5, 0.6) is 5.75 Å². The molecule has 3 rings (SSSR count). The summed E-state index contributed by atoms with van der Waals surface area (Å²) in [6.07, 6.45) is 4.13. The van der Waals surface area contributed by atoms with E-state index in [-0.39, 0.29) is 12.5 Å². The Morgan fingerprint density at radius 3 is 2.56 bits per heavy atom. The second-order valence-corrected chi connectivity index (χ2v) is 6.45. The molecule has 1 N–H and O–H groups in total. The van der Waals surface area contributed by atoms with Gasteiger partial charge in [-0.25, -0.2) is 0 Å². The van der Waals surface area contributed by atoms with Crippen LogP contribution in [0.4, 0.5) is 5.69 Å². The number of fused-ring (bicyclic) bond motifs is 1. The first-order chi connectivity index (χ1) is 13.2. The Hall–Kier alpha value is -3.14. The topological polar surface area (TPSA) is 55.4 Å². The molecule has 0 spiro atoms. The highest BCUT2D eigenvalue weighted by molar-refractivity contribution is 6.01. The van der Waals surface area contributed by atoms with Crippen LogP contribution in [0, 0.1) is 0 Å². The first-order valence-corrected chi connectivity index (χ1v) is 9.19. The van der Waals surface area contributed by atoms with Gasteiger partial charge < -0.3 is 10.1 Å². The third-order valence-corrected chi connectivity index (χ3v) is 4.46. The third-order valence-electron chi connectivity index (χ3n) is 4.46. The third kappa shape index (κ3) is 4.73. The van der Waals surface area contributed by atoms with Gasteiger partial charge in [0.1, 0.15) is 5.75 Å².